The Bertz CT molecular complexity index is 1050. The Morgan fingerprint density at radius 3 is 2.67 bits per heavy atom. The third kappa shape index (κ3) is 2.37. The van der Waals surface area contributed by atoms with Crippen molar-refractivity contribution in [1.29, 1.82) is 0 Å². The van der Waals surface area contributed by atoms with Crippen LogP contribution in [0.1, 0.15) is 0 Å². The van der Waals surface area contributed by atoms with Gasteiger partial charge in [-0.05, 0) is 47.8 Å². The molecule has 4 aromatic rings. The molecule has 0 aliphatic rings. The summed E-state index contributed by atoms with van der Waals surface area (Å²) >= 11 is 1.40. The SMILES string of the molecule is COc1ccc(-n2c(-c3cccnc3)nc3ccsc3c2=O)cc1. The highest BCUT2D eigenvalue weighted by molar-refractivity contribution is 7.17. The van der Waals surface area contributed by atoms with Gasteiger partial charge in [-0.2, -0.15) is 0 Å². The summed E-state index contributed by atoms with van der Waals surface area (Å²) in [5.41, 5.74) is 2.15. The maximum absolute atomic E-state index is 13.0. The molecule has 6 heteroatoms. The van der Waals surface area contributed by atoms with E-state index in [1.165, 1.54) is 11.3 Å². The minimum absolute atomic E-state index is 0.0842. The van der Waals surface area contributed by atoms with Crippen LogP contribution >= 0.6 is 11.3 Å². The fraction of sp³-hybridized carbons (Fsp3) is 0.0556. The van der Waals surface area contributed by atoms with Crippen LogP contribution in [0.5, 0.6) is 5.75 Å². The Hall–Kier alpha value is -2.99. The molecular weight excluding hydrogens is 322 g/mol. The van der Waals surface area contributed by atoms with Gasteiger partial charge in [-0.15, -0.1) is 11.3 Å². The number of nitrogens with zero attached hydrogens (tertiary/aromatic N) is 3. The van der Waals surface area contributed by atoms with E-state index in [4.69, 9.17) is 4.74 Å². The predicted molar refractivity (Wildman–Crippen MR) is 95.0 cm³/mol. The third-order valence-electron chi connectivity index (χ3n) is 3.73. The summed E-state index contributed by atoms with van der Waals surface area (Å²) in [6, 6.07) is 12.9. The lowest BCUT2D eigenvalue weighted by molar-refractivity contribution is 0.414. The molecule has 0 N–H and O–H groups in total. The number of benzene rings is 1. The van der Waals surface area contributed by atoms with E-state index < -0.39 is 0 Å². The number of thiophene rings is 1. The molecule has 0 unspecified atom stereocenters. The molecule has 118 valence electrons. The number of aromatic nitrogens is 3. The van der Waals surface area contributed by atoms with E-state index in [0.717, 1.165) is 17.0 Å². The van der Waals surface area contributed by atoms with Crippen molar-refractivity contribution >= 4 is 21.6 Å². The van der Waals surface area contributed by atoms with E-state index in [1.54, 1.807) is 24.1 Å². The van der Waals surface area contributed by atoms with Crippen molar-refractivity contribution in [1.82, 2.24) is 14.5 Å². The van der Waals surface area contributed by atoms with Crippen molar-refractivity contribution in [3.05, 3.63) is 70.6 Å². The number of rotatable bonds is 3. The number of pyridine rings is 1. The molecule has 0 bridgehead atoms. The van der Waals surface area contributed by atoms with Crippen LogP contribution in [0.25, 0.3) is 27.3 Å². The molecule has 24 heavy (non-hydrogen) atoms. The third-order valence-corrected chi connectivity index (χ3v) is 4.62. The van der Waals surface area contributed by atoms with E-state index in [2.05, 4.69) is 9.97 Å². The second-order valence-electron chi connectivity index (χ2n) is 5.15. The largest absolute Gasteiger partial charge is 0.497 e. The van der Waals surface area contributed by atoms with Crippen LogP contribution in [0.3, 0.4) is 0 Å². The molecule has 3 aromatic heterocycles. The molecule has 0 saturated carbocycles. The summed E-state index contributed by atoms with van der Waals surface area (Å²) in [4.78, 5) is 21.9. The van der Waals surface area contributed by atoms with E-state index in [1.807, 2.05) is 47.8 Å². The van der Waals surface area contributed by atoms with Crippen molar-refractivity contribution in [3.8, 4) is 22.8 Å². The Labute approximate surface area is 141 Å². The Morgan fingerprint density at radius 1 is 1.12 bits per heavy atom. The zero-order valence-electron chi connectivity index (χ0n) is 12.8. The average molecular weight is 335 g/mol. The number of hydrogen-bond acceptors (Lipinski definition) is 5. The molecule has 0 atom stereocenters. The minimum atomic E-state index is -0.0842. The fourth-order valence-electron chi connectivity index (χ4n) is 2.57. The molecule has 4 rings (SSSR count). The minimum Gasteiger partial charge on any atom is -0.497 e. The monoisotopic (exact) mass is 335 g/mol. The smallest absolute Gasteiger partial charge is 0.276 e. The first-order valence-electron chi connectivity index (χ1n) is 7.33. The fourth-order valence-corrected chi connectivity index (χ4v) is 3.33. The lowest BCUT2D eigenvalue weighted by atomic mass is 10.2. The van der Waals surface area contributed by atoms with Gasteiger partial charge in [0.25, 0.3) is 5.56 Å². The molecule has 1 aromatic carbocycles. The molecule has 0 aliphatic heterocycles. The molecule has 0 fully saturated rings. The topological polar surface area (TPSA) is 57.0 Å². The molecule has 0 aliphatic carbocycles. The second kappa shape index (κ2) is 5.90. The lowest BCUT2D eigenvalue weighted by Gasteiger charge is -2.13. The van der Waals surface area contributed by atoms with Gasteiger partial charge in [-0.1, -0.05) is 0 Å². The summed E-state index contributed by atoms with van der Waals surface area (Å²) in [6.45, 7) is 0. The van der Waals surface area contributed by atoms with Gasteiger partial charge in [0.1, 0.15) is 16.3 Å². The van der Waals surface area contributed by atoms with Gasteiger partial charge in [-0.3, -0.25) is 14.3 Å². The van der Waals surface area contributed by atoms with Gasteiger partial charge in [0.15, 0.2) is 0 Å². The lowest BCUT2D eigenvalue weighted by Crippen LogP contribution is -2.21. The highest BCUT2D eigenvalue weighted by atomic mass is 32.1. The Balaban J connectivity index is 2.04. The molecule has 0 spiro atoms. The van der Waals surface area contributed by atoms with Crippen LogP contribution in [0.2, 0.25) is 0 Å². The van der Waals surface area contributed by atoms with Crippen molar-refractivity contribution < 1.29 is 4.74 Å². The van der Waals surface area contributed by atoms with Crippen LogP contribution in [0, 0.1) is 0 Å². The van der Waals surface area contributed by atoms with Crippen molar-refractivity contribution in [3.63, 3.8) is 0 Å². The van der Waals surface area contributed by atoms with Crippen LogP contribution in [0.4, 0.5) is 0 Å². The predicted octanol–water partition coefficient (Wildman–Crippen LogP) is 3.52. The first-order chi connectivity index (χ1) is 11.8. The van der Waals surface area contributed by atoms with Gasteiger partial charge >= 0.3 is 0 Å². The van der Waals surface area contributed by atoms with Gasteiger partial charge in [-0.25, -0.2) is 4.98 Å². The van der Waals surface area contributed by atoms with Crippen molar-refractivity contribution in [2.75, 3.05) is 7.11 Å². The van der Waals surface area contributed by atoms with Gasteiger partial charge in [0.2, 0.25) is 0 Å². The standard InChI is InChI=1S/C18H13N3O2S/c1-23-14-6-4-13(5-7-14)21-17(12-3-2-9-19-11-12)20-15-8-10-24-16(15)18(21)22/h2-11H,1H3. The Kier molecular flexibility index (Phi) is 3.59. The van der Waals surface area contributed by atoms with Crippen LogP contribution in [0.15, 0.2) is 65.0 Å². The van der Waals surface area contributed by atoms with Crippen LogP contribution in [-0.4, -0.2) is 21.6 Å². The molecular formula is C18H13N3O2S. The summed E-state index contributed by atoms with van der Waals surface area (Å²) in [5, 5.41) is 1.88. The van der Waals surface area contributed by atoms with Crippen LogP contribution < -0.4 is 10.3 Å². The molecule has 0 radical (unpaired) electrons. The summed E-state index contributed by atoms with van der Waals surface area (Å²) in [5.74, 6) is 1.31. The normalized spacial score (nSPS) is 10.9. The molecule has 0 saturated heterocycles. The van der Waals surface area contributed by atoms with E-state index in [0.29, 0.717) is 16.0 Å². The van der Waals surface area contributed by atoms with E-state index in [9.17, 15) is 4.79 Å². The molecule has 3 heterocycles. The number of methoxy groups -OCH3 is 1. The zero-order valence-corrected chi connectivity index (χ0v) is 13.7. The number of fused-ring (bicyclic) bond motifs is 1. The van der Waals surface area contributed by atoms with E-state index in [-0.39, 0.29) is 5.56 Å². The van der Waals surface area contributed by atoms with Crippen molar-refractivity contribution in [2.24, 2.45) is 0 Å². The summed E-state index contributed by atoms with van der Waals surface area (Å²) < 4.78 is 7.45. The summed E-state index contributed by atoms with van der Waals surface area (Å²) in [6.07, 6.45) is 3.41. The van der Waals surface area contributed by atoms with Gasteiger partial charge in [0, 0.05) is 18.0 Å². The Morgan fingerprint density at radius 2 is 1.96 bits per heavy atom. The first kappa shape index (κ1) is 14.6. The van der Waals surface area contributed by atoms with Gasteiger partial charge in [0.05, 0.1) is 18.3 Å². The summed E-state index contributed by atoms with van der Waals surface area (Å²) in [7, 11) is 1.61. The van der Waals surface area contributed by atoms with Crippen molar-refractivity contribution in [2.45, 2.75) is 0 Å². The zero-order chi connectivity index (χ0) is 16.5. The van der Waals surface area contributed by atoms with Crippen LogP contribution in [-0.2, 0) is 0 Å². The highest BCUT2D eigenvalue weighted by Crippen LogP contribution is 2.24. The number of ether oxygens (including phenoxy) is 1. The molecule has 5 nitrogen and oxygen atoms in total. The first-order valence-corrected chi connectivity index (χ1v) is 8.21. The highest BCUT2D eigenvalue weighted by Gasteiger charge is 2.15. The molecule has 0 amide bonds. The average Bonchev–Trinajstić information content (AvgIpc) is 3.11. The van der Waals surface area contributed by atoms with E-state index >= 15 is 0 Å². The number of hydrogen-bond donors (Lipinski definition) is 0. The van der Waals surface area contributed by atoms with Gasteiger partial charge < -0.3 is 4.74 Å². The maximum atomic E-state index is 13.0. The quantitative estimate of drug-likeness (QED) is 0.575. The maximum Gasteiger partial charge on any atom is 0.276 e. The second-order valence-corrected chi connectivity index (χ2v) is 6.07.